The average molecular weight is 491 g/mol. The Bertz CT molecular complexity index is 1150. The van der Waals surface area contributed by atoms with Gasteiger partial charge < -0.3 is 20.7 Å². The fraction of sp³-hybridized carbons (Fsp3) is 0.522. The van der Waals surface area contributed by atoms with Crippen LogP contribution in [0.25, 0.3) is 10.9 Å². The van der Waals surface area contributed by atoms with Crippen molar-refractivity contribution in [3.8, 4) is 0 Å². The van der Waals surface area contributed by atoms with Crippen LogP contribution in [0.3, 0.4) is 0 Å². The summed E-state index contributed by atoms with van der Waals surface area (Å²) in [5.74, 6) is -1.10. The van der Waals surface area contributed by atoms with Crippen LogP contribution in [0, 0.1) is 11.8 Å². The van der Waals surface area contributed by atoms with Crippen molar-refractivity contribution in [2.45, 2.75) is 44.7 Å². The fourth-order valence-corrected chi connectivity index (χ4v) is 4.68. The van der Waals surface area contributed by atoms with Gasteiger partial charge in [0, 0.05) is 12.5 Å². The lowest BCUT2D eigenvalue weighted by molar-refractivity contribution is -0.142. The van der Waals surface area contributed by atoms with E-state index in [-0.39, 0.29) is 24.3 Å². The first kappa shape index (κ1) is 25.5. The van der Waals surface area contributed by atoms with Gasteiger partial charge in [0.2, 0.25) is 11.8 Å². The second-order valence-electron chi connectivity index (χ2n) is 8.57. The normalized spacial score (nSPS) is 18.9. The quantitative estimate of drug-likeness (QED) is 0.387. The number of nitrogens with one attached hydrogen (secondary N) is 3. The number of carboxylic acid groups (broad SMARTS) is 1. The summed E-state index contributed by atoms with van der Waals surface area (Å²) >= 11 is 1.53. The highest BCUT2D eigenvalue weighted by Crippen LogP contribution is 2.28. The zero-order valence-corrected chi connectivity index (χ0v) is 19.9. The molecule has 11 heteroatoms. The standard InChI is InChI=1S/C23H30N4O6S/c1-34-11-10-18(22(31)32)25-20(29)15-8-6-14(7-9-15)12-24-19(28)13-27-21(30)16-4-2-3-5-17(16)26-23(27)33/h2-5,14-15,18H,6-13H2,1H3,(H,24,28)(H,25,29)(H,26,33)(H,31,32). The predicted molar refractivity (Wildman–Crippen MR) is 130 cm³/mol. The van der Waals surface area contributed by atoms with E-state index in [1.807, 2.05) is 6.26 Å². The number of aliphatic carboxylic acids is 1. The Morgan fingerprint density at radius 2 is 1.88 bits per heavy atom. The van der Waals surface area contributed by atoms with Crippen molar-refractivity contribution in [3.05, 3.63) is 45.1 Å². The number of carboxylic acids is 1. The number of fused-ring (bicyclic) bond motifs is 1. The van der Waals surface area contributed by atoms with Gasteiger partial charge in [-0.1, -0.05) is 12.1 Å². The van der Waals surface area contributed by atoms with Crippen molar-refractivity contribution in [3.63, 3.8) is 0 Å². The van der Waals surface area contributed by atoms with Gasteiger partial charge in [-0.2, -0.15) is 11.8 Å². The Labute approximate surface area is 200 Å². The first-order chi connectivity index (χ1) is 16.3. The highest BCUT2D eigenvalue weighted by molar-refractivity contribution is 7.98. The molecule has 1 heterocycles. The summed E-state index contributed by atoms with van der Waals surface area (Å²) in [7, 11) is 0. The molecule has 2 aromatic rings. The number of hydrogen-bond donors (Lipinski definition) is 4. The van der Waals surface area contributed by atoms with E-state index in [1.54, 1.807) is 24.3 Å². The molecule has 34 heavy (non-hydrogen) atoms. The van der Waals surface area contributed by atoms with Crippen LogP contribution in [0.2, 0.25) is 0 Å². The largest absolute Gasteiger partial charge is 0.480 e. The van der Waals surface area contributed by atoms with Gasteiger partial charge in [0.05, 0.1) is 10.9 Å². The molecule has 2 amide bonds. The van der Waals surface area contributed by atoms with Crippen LogP contribution >= 0.6 is 11.8 Å². The number of H-pyrrole nitrogens is 1. The van der Waals surface area contributed by atoms with E-state index < -0.39 is 29.2 Å². The van der Waals surface area contributed by atoms with Crippen LogP contribution in [0.15, 0.2) is 33.9 Å². The van der Waals surface area contributed by atoms with Gasteiger partial charge in [-0.25, -0.2) is 9.59 Å². The van der Waals surface area contributed by atoms with Gasteiger partial charge in [0.25, 0.3) is 5.56 Å². The van der Waals surface area contributed by atoms with E-state index in [1.165, 1.54) is 11.8 Å². The summed E-state index contributed by atoms with van der Waals surface area (Å²) < 4.78 is 0.884. The number of amides is 2. The minimum absolute atomic E-state index is 0.173. The number of nitrogens with zero attached hydrogens (tertiary/aromatic N) is 1. The number of aromatic nitrogens is 2. The third kappa shape index (κ3) is 6.49. The van der Waals surface area contributed by atoms with Crippen molar-refractivity contribution < 1.29 is 19.5 Å². The smallest absolute Gasteiger partial charge is 0.329 e. The van der Waals surface area contributed by atoms with E-state index in [0.29, 0.717) is 42.5 Å². The van der Waals surface area contributed by atoms with E-state index in [2.05, 4.69) is 15.6 Å². The average Bonchev–Trinajstić information content (AvgIpc) is 2.83. The zero-order chi connectivity index (χ0) is 24.7. The van der Waals surface area contributed by atoms with Crippen LogP contribution in [-0.2, 0) is 20.9 Å². The summed E-state index contributed by atoms with van der Waals surface area (Å²) in [5, 5.41) is 15.1. The molecule has 1 aliphatic rings. The molecule has 4 N–H and O–H groups in total. The number of aromatic amines is 1. The molecule has 1 aromatic carbocycles. The van der Waals surface area contributed by atoms with Crippen LogP contribution in [0.4, 0.5) is 0 Å². The second kappa shape index (κ2) is 11.9. The van der Waals surface area contributed by atoms with Gasteiger partial charge in [-0.05, 0) is 62.2 Å². The maximum Gasteiger partial charge on any atom is 0.329 e. The molecular formula is C23H30N4O6S. The molecule has 0 spiro atoms. The lowest BCUT2D eigenvalue weighted by atomic mass is 9.81. The van der Waals surface area contributed by atoms with Gasteiger partial charge >= 0.3 is 11.7 Å². The Morgan fingerprint density at radius 3 is 2.56 bits per heavy atom. The molecule has 1 unspecified atom stereocenters. The van der Waals surface area contributed by atoms with Crippen molar-refractivity contribution >= 4 is 40.4 Å². The number of hydrogen-bond acceptors (Lipinski definition) is 6. The summed E-state index contributed by atoms with van der Waals surface area (Å²) in [5.41, 5.74) is -0.727. The van der Waals surface area contributed by atoms with Gasteiger partial charge in [0.1, 0.15) is 12.6 Å². The van der Waals surface area contributed by atoms with Crippen molar-refractivity contribution in [2.24, 2.45) is 11.8 Å². The van der Waals surface area contributed by atoms with Gasteiger partial charge in [0.15, 0.2) is 0 Å². The van der Waals surface area contributed by atoms with E-state index in [9.17, 15) is 29.1 Å². The Hall–Kier alpha value is -3.08. The molecule has 1 saturated carbocycles. The van der Waals surface area contributed by atoms with Crippen LogP contribution < -0.4 is 21.9 Å². The molecule has 1 aliphatic carbocycles. The molecule has 0 bridgehead atoms. The van der Waals surface area contributed by atoms with E-state index >= 15 is 0 Å². The number of carbonyl (C=O) groups is 3. The SMILES string of the molecule is CSCCC(NC(=O)C1CCC(CNC(=O)Cn2c(=O)[nH]c3ccccc3c2=O)CC1)C(=O)O. The van der Waals surface area contributed by atoms with E-state index in [4.69, 9.17) is 0 Å². The number of para-hydroxylation sites is 1. The minimum Gasteiger partial charge on any atom is -0.480 e. The molecule has 1 atom stereocenters. The molecule has 3 rings (SSSR count). The van der Waals surface area contributed by atoms with E-state index in [0.717, 1.165) is 17.4 Å². The Kier molecular flexibility index (Phi) is 8.91. The van der Waals surface area contributed by atoms with Crippen LogP contribution in [0.1, 0.15) is 32.1 Å². The minimum atomic E-state index is -1.02. The summed E-state index contributed by atoms with van der Waals surface area (Å²) in [4.78, 5) is 63.6. The molecule has 184 valence electrons. The first-order valence-electron chi connectivity index (χ1n) is 11.3. The Balaban J connectivity index is 1.47. The second-order valence-corrected chi connectivity index (χ2v) is 9.56. The molecule has 1 aromatic heterocycles. The summed E-state index contributed by atoms with van der Waals surface area (Å²) in [6.07, 6.45) is 4.94. The maximum absolute atomic E-state index is 12.6. The summed E-state index contributed by atoms with van der Waals surface area (Å²) in [6.45, 7) is 0.0161. The number of benzene rings is 1. The molecule has 0 aliphatic heterocycles. The lowest BCUT2D eigenvalue weighted by Crippen LogP contribution is -2.45. The molecule has 0 radical (unpaired) electrons. The molecule has 10 nitrogen and oxygen atoms in total. The zero-order valence-electron chi connectivity index (χ0n) is 19.0. The maximum atomic E-state index is 12.6. The topological polar surface area (TPSA) is 150 Å². The Morgan fingerprint density at radius 1 is 1.18 bits per heavy atom. The van der Waals surface area contributed by atoms with Crippen molar-refractivity contribution in [2.75, 3.05) is 18.6 Å². The predicted octanol–water partition coefficient (Wildman–Crippen LogP) is 0.935. The highest BCUT2D eigenvalue weighted by atomic mass is 32.2. The monoisotopic (exact) mass is 490 g/mol. The van der Waals surface area contributed by atoms with Gasteiger partial charge in [-0.3, -0.25) is 19.0 Å². The van der Waals surface area contributed by atoms with Gasteiger partial charge in [-0.15, -0.1) is 0 Å². The molecule has 1 fully saturated rings. The van der Waals surface area contributed by atoms with Crippen LogP contribution in [0.5, 0.6) is 0 Å². The number of rotatable bonds is 10. The fourth-order valence-electron chi connectivity index (χ4n) is 4.21. The summed E-state index contributed by atoms with van der Waals surface area (Å²) in [6, 6.07) is 5.75. The third-order valence-electron chi connectivity index (χ3n) is 6.22. The van der Waals surface area contributed by atoms with Crippen molar-refractivity contribution in [1.82, 2.24) is 20.2 Å². The molecule has 0 saturated heterocycles. The lowest BCUT2D eigenvalue weighted by Gasteiger charge is -2.28. The number of thioether (sulfide) groups is 1. The highest BCUT2D eigenvalue weighted by Gasteiger charge is 2.29. The third-order valence-corrected chi connectivity index (χ3v) is 6.87. The number of carbonyl (C=O) groups excluding carboxylic acids is 2. The van der Waals surface area contributed by atoms with Crippen molar-refractivity contribution in [1.29, 1.82) is 0 Å². The molecular weight excluding hydrogens is 460 g/mol. The van der Waals surface area contributed by atoms with Crippen LogP contribution in [-0.4, -0.2) is 57.0 Å². The first-order valence-corrected chi connectivity index (χ1v) is 12.7.